The fourth-order valence-corrected chi connectivity index (χ4v) is 2.55. The maximum absolute atomic E-state index is 12.1. The van der Waals surface area contributed by atoms with Gasteiger partial charge in [-0.2, -0.15) is 0 Å². The topological polar surface area (TPSA) is 67.4 Å². The number of rotatable bonds is 3. The van der Waals surface area contributed by atoms with Crippen LogP contribution in [0.5, 0.6) is 0 Å². The molecule has 0 bridgehead atoms. The second-order valence-electron chi connectivity index (χ2n) is 4.31. The highest BCUT2D eigenvalue weighted by Crippen LogP contribution is 2.28. The Morgan fingerprint density at radius 3 is 2.75 bits per heavy atom. The molecule has 1 aromatic rings. The zero-order chi connectivity index (χ0) is 14.7. The van der Waals surface area contributed by atoms with Crippen molar-refractivity contribution in [3.8, 4) is 0 Å². The van der Waals surface area contributed by atoms with Gasteiger partial charge in [-0.15, -0.1) is 0 Å². The predicted octanol–water partition coefficient (Wildman–Crippen LogP) is 2.42. The van der Waals surface area contributed by atoms with E-state index in [9.17, 15) is 9.59 Å². The lowest BCUT2D eigenvalue weighted by Gasteiger charge is -2.27. The number of halogens is 1. The first-order chi connectivity index (χ1) is 9.54. The molecule has 1 aliphatic rings. The van der Waals surface area contributed by atoms with Crippen LogP contribution in [0.4, 0.5) is 4.79 Å². The number of esters is 1. The minimum absolute atomic E-state index is 0.284. The highest BCUT2D eigenvalue weighted by molar-refractivity contribution is 9.10. The summed E-state index contributed by atoms with van der Waals surface area (Å²) in [6.07, 6.45) is 0. The SMILES string of the molecule is CCOC(=O)C1=C(c2ccccc2Br)NC(=O)NC1C. The van der Waals surface area contributed by atoms with Gasteiger partial charge in [0.1, 0.15) is 0 Å². The fraction of sp³-hybridized carbons (Fsp3) is 0.286. The van der Waals surface area contributed by atoms with Crippen molar-refractivity contribution >= 4 is 33.6 Å². The van der Waals surface area contributed by atoms with E-state index in [1.165, 1.54) is 0 Å². The molecule has 2 amide bonds. The average molecular weight is 339 g/mol. The van der Waals surface area contributed by atoms with E-state index in [1.807, 2.05) is 24.3 Å². The molecular formula is C14H15BrN2O3. The van der Waals surface area contributed by atoms with Gasteiger partial charge in [0.2, 0.25) is 0 Å². The number of amides is 2. The molecule has 0 aliphatic carbocycles. The molecule has 0 fully saturated rings. The van der Waals surface area contributed by atoms with Crippen LogP contribution in [-0.4, -0.2) is 24.6 Å². The zero-order valence-electron chi connectivity index (χ0n) is 11.2. The lowest BCUT2D eigenvalue weighted by molar-refractivity contribution is -0.138. The normalized spacial score (nSPS) is 18.4. The van der Waals surface area contributed by atoms with E-state index < -0.39 is 12.0 Å². The summed E-state index contributed by atoms with van der Waals surface area (Å²) in [5, 5.41) is 5.36. The molecule has 2 rings (SSSR count). The van der Waals surface area contributed by atoms with Crippen molar-refractivity contribution < 1.29 is 14.3 Å². The Hall–Kier alpha value is -1.82. The monoisotopic (exact) mass is 338 g/mol. The van der Waals surface area contributed by atoms with Gasteiger partial charge in [-0.25, -0.2) is 9.59 Å². The third kappa shape index (κ3) is 2.85. The number of hydrogen-bond acceptors (Lipinski definition) is 3. The summed E-state index contributed by atoms with van der Waals surface area (Å²) in [7, 11) is 0. The van der Waals surface area contributed by atoms with Gasteiger partial charge < -0.3 is 15.4 Å². The van der Waals surface area contributed by atoms with E-state index >= 15 is 0 Å². The smallest absolute Gasteiger partial charge is 0.338 e. The summed E-state index contributed by atoms with van der Waals surface area (Å²) in [5.74, 6) is -0.432. The molecular weight excluding hydrogens is 324 g/mol. The number of ether oxygens (including phenoxy) is 1. The molecule has 0 radical (unpaired) electrons. The Kier molecular flexibility index (Phi) is 4.44. The predicted molar refractivity (Wildman–Crippen MR) is 78.8 cm³/mol. The Morgan fingerprint density at radius 1 is 1.40 bits per heavy atom. The fourth-order valence-electron chi connectivity index (χ4n) is 2.07. The lowest BCUT2D eigenvalue weighted by Crippen LogP contribution is -2.48. The van der Waals surface area contributed by atoms with Gasteiger partial charge in [-0.3, -0.25) is 0 Å². The summed E-state index contributed by atoms with van der Waals surface area (Å²) in [4.78, 5) is 23.8. The van der Waals surface area contributed by atoms with Crippen LogP contribution in [0, 0.1) is 0 Å². The minimum Gasteiger partial charge on any atom is -0.463 e. The Labute approximate surface area is 125 Å². The van der Waals surface area contributed by atoms with E-state index in [4.69, 9.17) is 4.74 Å². The Bertz CT molecular complexity index is 584. The van der Waals surface area contributed by atoms with Crippen LogP contribution in [0.2, 0.25) is 0 Å². The van der Waals surface area contributed by atoms with Gasteiger partial charge in [0.15, 0.2) is 0 Å². The third-order valence-corrected chi connectivity index (χ3v) is 3.62. The minimum atomic E-state index is -0.432. The van der Waals surface area contributed by atoms with Gasteiger partial charge in [-0.05, 0) is 19.9 Å². The third-order valence-electron chi connectivity index (χ3n) is 2.93. The number of carbonyl (C=O) groups excluding carboxylic acids is 2. The Balaban J connectivity index is 2.56. The van der Waals surface area contributed by atoms with Gasteiger partial charge in [0.05, 0.1) is 23.9 Å². The second kappa shape index (κ2) is 6.09. The van der Waals surface area contributed by atoms with Crippen LogP contribution in [0.3, 0.4) is 0 Å². The molecule has 1 aliphatic heterocycles. The van der Waals surface area contributed by atoms with Crippen LogP contribution in [0.1, 0.15) is 19.4 Å². The first-order valence-electron chi connectivity index (χ1n) is 6.28. The number of carbonyl (C=O) groups is 2. The molecule has 0 spiro atoms. The molecule has 6 heteroatoms. The van der Waals surface area contributed by atoms with E-state index in [1.54, 1.807) is 13.8 Å². The van der Waals surface area contributed by atoms with Gasteiger partial charge in [0, 0.05) is 10.0 Å². The van der Waals surface area contributed by atoms with Crippen molar-refractivity contribution in [2.24, 2.45) is 0 Å². The van der Waals surface area contributed by atoms with Crippen molar-refractivity contribution in [2.45, 2.75) is 19.9 Å². The average Bonchev–Trinajstić information content (AvgIpc) is 2.38. The molecule has 0 saturated carbocycles. The maximum Gasteiger partial charge on any atom is 0.338 e. The molecule has 1 heterocycles. The molecule has 1 atom stereocenters. The summed E-state index contributed by atoms with van der Waals surface area (Å²) in [5.41, 5.74) is 1.64. The summed E-state index contributed by atoms with van der Waals surface area (Å²) >= 11 is 3.43. The summed E-state index contributed by atoms with van der Waals surface area (Å²) in [6, 6.07) is 6.64. The van der Waals surface area contributed by atoms with Crippen molar-refractivity contribution in [3.63, 3.8) is 0 Å². The molecule has 20 heavy (non-hydrogen) atoms. The first kappa shape index (κ1) is 14.6. The molecule has 0 aromatic heterocycles. The largest absolute Gasteiger partial charge is 0.463 e. The molecule has 106 valence electrons. The van der Waals surface area contributed by atoms with Crippen molar-refractivity contribution in [1.29, 1.82) is 0 Å². The van der Waals surface area contributed by atoms with E-state index in [2.05, 4.69) is 26.6 Å². The van der Waals surface area contributed by atoms with E-state index in [-0.39, 0.29) is 12.6 Å². The van der Waals surface area contributed by atoms with E-state index in [0.717, 1.165) is 10.0 Å². The highest BCUT2D eigenvalue weighted by atomic mass is 79.9. The first-order valence-corrected chi connectivity index (χ1v) is 7.07. The quantitative estimate of drug-likeness (QED) is 0.831. The number of benzene rings is 1. The molecule has 0 saturated heterocycles. The number of hydrogen-bond donors (Lipinski definition) is 2. The van der Waals surface area contributed by atoms with E-state index in [0.29, 0.717) is 11.3 Å². The zero-order valence-corrected chi connectivity index (χ0v) is 12.8. The molecule has 2 N–H and O–H groups in total. The van der Waals surface area contributed by atoms with Crippen LogP contribution in [-0.2, 0) is 9.53 Å². The molecule has 1 unspecified atom stereocenters. The van der Waals surface area contributed by atoms with Gasteiger partial charge >= 0.3 is 12.0 Å². The molecule has 5 nitrogen and oxygen atoms in total. The van der Waals surface area contributed by atoms with Gasteiger partial charge in [-0.1, -0.05) is 34.1 Å². The van der Waals surface area contributed by atoms with Crippen molar-refractivity contribution in [3.05, 3.63) is 39.9 Å². The second-order valence-corrected chi connectivity index (χ2v) is 5.16. The number of urea groups is 1. The number of nitrogens with one attached hydrogen (secondary N) is 2. The lowest BCUT2D eigenvalue weighted by atomic mass is 9.99. The van der Waals surface area contributed by atoms with Crippen LogP contribution >= 0.6 is 15.9 Å². The van der Waals surface area contributed by atoms with Crippen LogP contribution in [0.15, 0.2) is 34.3 Å². The highest BCUT2D eigenvalue weighted by Gasteiger charge is 2.30. The van der Waals surface area contributed by atoms with Gasteiger partial charge in [0.25, 0.3) is 0 Å². The van der Waals surface area contributed by atoms with Crippen LogP contribution < -0.4 is 10.6 Å². The Morgan fingerprint density at radius 2 is 2.10 bits per heavy atom. The maximum atomic E-state index is 12.1. The summed E-state index contributed by atoms with van der Waals surface area (Å²) < 4.78 is 5.87. The van der Waals surface area contributed by atoms with Crippen molar-refractivity contribution in [1.82, 2.24) is 10.6 Å². The van der Waals surface area contributed by atoms with Crippen molar-refractivity contribution in [2.75, 3.05) is 6.61 Å². The van der Waals surface area contributed by atoms with Crippen LogP contribution in [0.25, 0.3) is 5.70 Å². The standard InChI is InChI=1S/C14H15BrN2O3/c1-3-20-13(18)11-8(2)16-14(19)17-12(11)9-6-4-5-7-10(9)15/h4-8H,3H2,1-2H3,(H2,16,17,19). The molecule has 1 aromatic carbocycles. The summed E-state index contributed by atoms with van der Waals surface area (Å²) in [6.45, 7) is 3.78.